The zero-order valence-corrected chi connectivity index (χ0v) is 13.0. The van der Waals surface area contributed by atoms with Gasteiger partial charge in [-0.3, -0.25) is 4.79 Å². The standard InChI is InChI=1S/C15H15Cl2N3O/c1-2-3-12-4-9(5-14(18)19-12)15(21)20-13-7-10(16)6-11(17)8-13/h4-8H,2-3H2,1H3,(H2,18,19)(H,20,21). The number of nitrogens with zero attached hydrogens (tertiary/aromatic N) is 1. The van der Waals surface area contributed by atoms with Gasteiger partial charge in [-0.25, -0.2) is 4.98 Å². The fourth-order valence-electron chi connectivity index (χ4n) is 1.96. The van der Waals surface area contributed by atoms with Crippen molar-refractivity contribution >= 4 is 40.6 Å². The SMILES string of the molecule is CCCc1cc(C(=O)Nc2cc(Cl)cc(Cl)c2)cc(N)n1. The Bertz CT molecular complexity index is 654. The molecule has 0 saturated heterocycles. The topological polar surface area (TPSA) is 68.0 Å². The van der Waals surface area contributed by atoms with Crippen LogP contribution in [-0.4, -0.2) is 10.9 Å². The van der Waals surface area contributed by atoms with Crippen LogP contribution in [0, 0.1) is 0 Å². The number of nitrogen functional groups attached to an aromatic ring is 1. The second kappa shape index (κ2) is 6.78. The van der Waals surface area contributed by atoms with Gasteiger partial charge in [0.05, 0.1) is 0 Å². The summed E-state index contributed by atoms with van der Waals surface area (Å²) in [6, 6.07) is 8.14. The summed E-state index contributed by atoms with van der Waals surface area (Å²) in [7, 11) is 0. The highest BCUT2D eigenvalue weighted by molar-refractivity contribution is 6.35. The third-order valence-electron chi connectivity index (χ3n) is 2.79. The van der Waals surface area contributed by atoms with Gasteiger partial charge in [-0.15, -0.1) is 0 Å². The van der Waals surface area contributed by atoms with Crippen molar-refractivity contribution in [2.24, 2.45) is 0 Å². The summed E-state index contributed by atoms with van der Waals surface area (Å²) in [5.74, 6) is 0.0509. The third-order valence-corrected chi connectivity index (χ3v) is 3.22. The molecule has 0 aliphatic rings. The number of aromatic nitrogens is 1. The molecule has 2 rings (SSSR count). The first-order valence-corrected chi connectivity index (χ1v) is 7.27. The molecule has 110 valence electrons. The minimum atomic E-state index is -0.278. The van der Waals surface area contributed by atoms with Crippen molar-refractivity contribution in [3.05, 3.63) is 51.6 Å². The van der Waals surface area contributed by atoms with Crippen molar-refractivity contribution in [1.82, 2.24) is 4.98 Å². The smallest absolute Gasteiger partial charge is 0.255 e. The van der Waals surface area contributed by atoms with Crippen molar-refractivity contribution in [2.75, 3.05) is 11.1 Å². The molecule has 0 saturated carbocycles. The Morgan fingerprint density at radius 3 is 2.48 bits per heavy atom. The molecule has 3 N–H and O–H groups in total. The van der Waals surface area contributed by atoms with Crippen LogP contribution in [0.3, 0.4) is 0 Å². The van der Waals surface area contributed by atoms with Crippen LogP contribution in [-0.2, 0) is 6.42 Å². The van der Waals surface area contributed by atoms with E-state index in [9.17, 15) is 4.79 Å². The van der Waals surface area contributed by atoms with E-state index in [0.29, 0.717) is 27.1 Å². The number of anilines is 2. The van der Waals surface area contributed by atoms with Gasteiger partial charge in [0.15, 0.2) is 0 Å². The van der Waals surface area contributed by atoms with Gasteiger partial charge in [-0.2, -0.15) is 0 Å². The molecule has 21 heavy (non-hydrogen) atoms. The van der Waals surface area contributed by atoms with E-state index in [0.717, 1.165) is 18.5 Å². The summed E-state index contributed by atoms with van der Waals surface area (Å²) in [5, 5.41) is 3.66. The predicted octanol–water partition coefficient (Wildman–Crippen LogP) is 4.18. The van der Waals surface area contributed by atoms with Crippen molar-refractivity contribution in [1.29, 1.82) is 0 Å². The molecule has 1 amide bonds. The van der Waals surface area contributed by atoms with Crippen LogP contribution in [0.4, 0.5) is 11.5 Å². The van der Waals surface area contributed by atoms with E-state index in [2.05, 4.69) is 10.3 Å². The van der Waals surface area contributed by atoms with E-state index in [1.165, 1.54) is 0 Å². The first-order valence-electron chi connectivity index (χ1n) is 6.52. The summed E-state index contributed by atoms with van der Waals surface area (Å²) in [6.07, 6.45) is 1.70. The number of carbonyl (C=O) groups excluding carboxylic acids is 1. The Morgan fingerprint density at radius 2 is 1.86 bits per heavy atom. The highest BCUT2D eigenvalue weighted by Crippen LogP contribution is 2.23. The molecule has 0 spiro atoms. The molecule has 6 heteroatoms. The number of pyridine rings is 1. The van der Waals surface area contributed by atoms with Crippen molar-refractivity contribution in [3.63, 3.8) is 0 Å². The molecule has 1 aromatic heterocycles. The summed E-state index contributed by atoms with van der Waals surface area (Å²) in [5.41, 5.74) is 7.53. The average molecular weight is 324 g/mol. The number of carbonyl (C=O) groups is 1. The van der Waals surface area contributed by atoms with E-state index >= 15 is 0 Å². The molecular formula is C15H15Cl2N3O. The number of amides is 1. The molecule has 0 fully saturated rings. The first-order chi connectivity index (χ1) is 9.97. The Labute approximate surface area is 133 Å². The highest BCUT2D eigenvalue weighted by Gasteiger charge is 2.10. The summed E-state index contributed by atoms with van der Waals surface area (Å²) in [6.45, 7) is 2.04. The lowest BCUT2D eigenvalue weighted by molar-refractivity contribution is 0.102. The Kier molecular flexibility index (Phi) is 5.04. The van der Waals surface area contributed by atoms with E-state index in [-0.39, 0.29) is 5.91 Å². The zero-order valence-electron chi connectivity index (χ0n) is 11.5. The molecule has 0 radical (unpaired) electrons. The van der Waals surface area contributed by atoms with Crippen molar-refractivity contribution in [3.8, 4) is 0 Å². The number of aryl methyl sites for hydroxylation is 1. The van der Waals surface area contributed by atoms with E-state index in [1.807, 2.05) is 6.92 Å². The molecule has 2 aromatic rings. The maximum absolute atomic E-state index is 12.3. The van der Waals surface area contributed by atoms with Gasteiger partial charge >= 0.3 is 0 Å². The second-order valence-electron chi connectivity index (χ2n) is 4.63. The van der Waals surface area contributed by atoms with Gasteiger partial charge in [0.25, 0.3) is 5.91 Å². The van der Waals surface area contributed by atoms with Gasteiger partial charge < -0.3 is 11.1 Å². The number of hydrogen-bond acceptors (Lipinski definition) is 3. The Balaban J connectivity index is 2.23. The highest BCUT2D eigenvalue weighted by atomic mass is 35.5. The number of rotatable bonds is 4. The van der Waals surface area contributed by atoms with E-state index < -0.39 is 0 Å². The van der Waals surface area contributed by atoms with Crippen LogP contribution in [0.1, 0.15) is 29.4 Å². The van der Waals surface area contributed by atoms with Crippen molar-refractivity contribution < 1.29 is 4.79 Å². The van der Waals surface area contributed by atoms with Gasteiger partial charge in [0.1, 0.15) is 5.82 Å². The van der Waals surface area contributed by atoms with Gasteiger partial charge in [-0.05, 0) is 36.8 Å². The Morgan fingerprint density at radius 1 is 1.19 bits per heavy atom. The third kappa shape index (κ3) is 4.34. The fourth-order valence-corrected chi connectivity index (χ4v) is 2.48. The summed E-state index contributed by atoms with van der Waals surface area (Å²) < 4.78 is 0. The molecular weight excluding hydrogens is 309 g/mol. The maximum atomic E-state index is 12.3. The van der Waals surface area contributed by atoms with E-state index in [4.69, 9.17) is 28.9 Å². The first kappa shape index (κ1) is 15.6. The summed E-state index contributed by atoms with van der Waals surface area (Å²) >= 11 is 11.8. The maximum Gasteiger partial charge on any atom is 0.255 e. The quantitative estimate of drug-likeness (QED) is 0.887. The number of benzene rings is 1. The predicted molar refractivity (Wildman–Crippen MR) is 87.1 cm³/mol. The Hall–Kier alpha value is -1.78. The lowest BCUT2D eigenvalue weighted by Gasteiger charge is -2.08. The molecule has 0 unspecified atom stereocenters. The lowest BCUT2D eigenvalue weighted by atomic mass is 10.1. The molecule has 0 atom stereocenters. The fraction of sp³-hybridized carbons (Fsp3) is 0.200. The van der Waals surface area contributed by atoms with Gasteiger partial charge in [0.2, 0.25) is 0 Å². The lowest BCUT2D eigenvalue weighted by Crippen LogP contribution is -2.13. The van der Waals surface area contributed by atoms with Crippen LogP contribution < -0.4 is 11.1 Å². The minimum absolute atomic E-state index is 0.278. The van der Waals surface area contributed by atoms with Crippen LogP contribution in [0.15, 0.2) is 30.3 Å². The monoisotopic (exact) mass is 323 g/mol. The molecule has 0 aliphatic carbocycles. The second-order valence-corrected chi connectivity index (χ2v) is 5.51. The van der Waals surface area contributed by atoms with Gasteiger partial charge in [0, 0.05) is 27.0 Å². The van der Waals surface area contributed by atoms with Crippen LogP contribution in [0.2, 0.25) is 10.0 Å². The average Bonchev–Trinajstić information content (AvgIpc) is 2.37. The van der Waals surface area contributed by atoms with Crippen LogP contribution in [0.25, 0.3) is 0 Å². The molecule has 0 bridgehead atoms. The zero-order chi connectivity index (χ0) is 15.4. The molecule has 1 aromatic carbocycles. The number of hydrogen-bond donors (Lipinski definition) is 2. The molecule has 0 aliphatic heterocycles. The molecule has 4 nitrogen and oxygen atoms in total. The summed E-state index contributed by atoms with van der Waals surface area (Å²) in [4.78, 5) is 16.5. The van der Waals surface area contributed by atoms with Gasteiger partial charge in [-0.1, -0.05) is 36.5 Å². The van der Waals surface area contributed by atoms with Crippen LogP contribution >= 0.6 is 23.2 Å². The minimum Gasteiger partial charge on any atom is -0.384 e. The van der Waals surface area contributed by atoms with Crippen molar-refractivity contribution in [2.45, 2.75) is 19.8 Å². The number of nitrogens with one attached hydrogen (secondary N) is 1. The normalized spacial score (nSPS) is 10.4. The molecule has 1 heterocycles. The number of halogens is 2. The largest absolute Gasteiger partial charge is 0.384 e. The number of nitrogens with two attached hydrogens (primary N) is 1. The van der Waals surface area contributed by atoms with E-state index in [1.54, 1.807) is 30.3 Å². The van der Waals surface area contributed by atoms with Crippen LogP contribution in [0.5, 0.6) is 0 Å².